The normalized spacial score (nSPS) is 22.6. The summed E-state index contributed by atoms with van der Waals surface area (Å²) in [7, 11) is 0. The van der Waals surface area contributed by atoms with Crippen molar-refractivity contribution in [2.45, 2.75) is 45.7 Å². The first-order valence-electron chi connectivity index (χ1n) is 5.50. The van der Waals surface area contributed by atoms with Gasteiger partial charge in [0.25, 0.3) is 0 Å². The molecule has 3 nitrogen and oxygen atoms in total. The summed E-state index contributed by atoms with van der Waals surface area (Å²) in [4.78, 5) is 0. The van der Waals surface area contributed by atoms with Gasteiger partial charge in [0.1, 0.15) is 0 Å². The summed E-state index contributed by atoms with van der Waals surface area (Å²) in [5.41, 5.74) is 2.40. The summed E-state index contributed by atoms with van der Waals surface area (Å²) in [5.74, 6) is 0. The minimum absolute atomic E-state index is 0.627. The van der Waals surface area contributed by atoms with Crippen LogP contribution in [-0.4, -0.2) is 22.4 Å². The first-order chi connectivity index (χ1) is 6.75. The molecule has 1 unspecified atom stereocenters. The van der Waals surface area contributed by atoms with E-state index in [0.29, 0.717) is 6.04 Å². The van der Waals surface area contributed by atoms with E-state index in [-0.39, 0.29) is 0 Å². The molecule has 0 saturated carbocycles. The Hall–Kier alpha value is -0.830. The van der Waals surface area contributed by atoms with Gasteiger partial charge in [-0.1, -0.05) is 6.42 Å². The number of hydrogen-bond acceptors (Lipinski definition) is 2. The molecule has 78 valence electrons. The Kier molecular flexibility index (Phi) is 2.87. The second-order valence-electron chi connectivity index (χ2n) is 4.26. The number of aromatic nitrogens is 2. The van der Waals surface area contributed by atoms with Crippen molar-refractivity contribution in [1.82, 2.24) is 15.1 Å². The van der Waals surface area contributed by atoms with Crippen LogP contribution in [0, 0.1) is 13.8 Å². The smallest absolute Gasteiger partial charge is 0.0596 e. The summed E-state index contributed by atoms with van der Waals surface area (Å²) in [6.45, 7) is 6.38. The maximum atomic E-state index is 4.48. The molecule has 1 atom stereocenters. The van der Waals surface area contributed by atoms with Gasteiger partial charge in [-0.15, -0.1) is 0 Å². The molecular weight excluding hydrogens is 174 g/mol. The molecule has 0 spiro atoms. The zero-order valence-electron chi connectivity index (χ0n) is 9.08. The average molecular weight is 193 g/mol. The summed E-state index contributed by atoms with van der Waals surface area (Å²) < 4.78 is 2.12. The summed E-state index contributed by atoms with van der Waals surface area (Å²) in [6.07, 6.45) is 3.98. The molecule has 2 heterocycles. The lowest BCUT2D eigenvalue weighted by atomic mass is 10.1. The van der Waals surface area contributed by atoms with Crippen LogP contribution >= 0.6 is 0 Å². The van der Waals surface area contributed by atoms with E-state index in [2.05, 4.69) is 35.0 Å². The highest BCUT2D eigenvalue weighted by molar-refractivity contribution is 5.06. The predicted octanol–water partition coefficient (Wildman–Crippen LogP) is 1.64. The Bertz CT molecular complexity index is 297. The molecule has 14 heavy (non-hydrogen) atoms. The largest absolute Gasteiger partial charge is 0.312 e. The molecule has 0 aliphatic carbocycles. The summed E-state index contributed by atoms with van der Waals surface area (Å²) in [5, 5.41) is 8.02. The van der Waals surface area contributed by atoms with E-state index in [0.717, 1.165) is 12.2 Å². The van der Waals surface area contributed by atoms with Crippen molar-refractivity contribution in [3.05, 3.63) is 17.5 Å². The van der Waals surface area contributed by atoms with Crippen molar-refractivity contribution < 1.29 is 0 Å². The Morgan fingerprint density at radius 3 is 2.93 bits per heavy atom. The predicted molar refractivity (Wildman–Crippen MR) is 57.3 cm³/mol. The molecule has 1 saturated heterocycles. The highest BCUT2D eigenvalue weighted by atomic mass is 15.3. The van der Waals surface area contributed by atoms with Crippen LogP contribution in [-0.2, 0) is 6.54 Å². The monoisotopic (exact) mass is 193 g/mol. The third-order valence-electron chi connectivity index (χ3n) is 2.91. The Labute approximate surface area is 85.5 Å². The maximum Gasteiger partial charge on any atom is 0.0596 e. The van der Waals surface area contributed by atoms with Gasteiger partial charge in [-0.2, -0.15) is 5.10 Å². The maximum absolute atomic E-state index is 4.48. The van der Waals surface area contributed by atoms with Gasteiger partial charge < -0.3 is 5.32 Å². The number of nitrogens with one attached hydrogen (secondary N) is 1. The second-order valence-corrected chi connectivity index (χ2v) is 4.26. The second kappa shape index (κ2) is 4.13. The molecule has 2 rings (SSSR count). The Morgan fingerprint density at radius 2 is 2.36 bits per heavy atom. The van der Waals surface area contributed by atoms with E-state index in [9.17, 15) is 0 Å². The number of hydrogen-bond donors (Lipinski definition) is 1. The highest BCUT2D eigenvalue weighted by Gasteiger charge is 2.14. The van der Waals surface area contributed by atoms with Crippen molar-refractivity contribution >= 4 is 0 Å². The Morgan fingerprint density at radius 1 is 1.50 bits per heavy atom. The lowest BCUT2D eigenvalue weighted by Gasteiger charge is -2.23. The first-order valence-corrected chi connectivity index (χ1v) is 5.50. The zero-order valence-corrected chi connectivity index (χ0v) is 9.08. The van der Waals surface area contributed by atoms with Crippen LogP contribution in [0.3, 0.4) is 0 Å². The SMILES string of the molecule is Cc1cc(C)n(CC2CCCCN2)n1. The van der Waals surface area contributed by atoms with E-state index >= 15 is 0 Å². The number of nitrogens with zero attached hydrogens (tertiary/aromatic N) is 2. The first kappa shape index (κ1) is 9.71. The van der Waals surface area contributed by atoms with Crippen LogP contribution in [0.2, 0.25) is 0 Å². The number of piperidine rings is 1. The molecule has 1 aliphatic rings. The van der Waals surface area contributed by atoms with Crippen molar-refractivity contribution in [3.63, 3.8) is 0 Å². The molecule has 1 N–H and O–H groups in total. The van der Waals surface area contributed by atoms with Crippen molar-refractivity contribution in [2.75, 3.05) is 6.54 Å². The van der Waals surface area contributed by atoms with E-state index in [4.69, 9.17) is 0 Å². The summed E-state index contributed by atoms with van der Waals surface area (Å²) in [6, 6.07) is 2.77. The molecule has 3 heteroatoms. The third-order valence-corrected chi connectivity index (χ3v) is 2.91. The highest BCUT2D eigenvalue weighted by Crippen LogP contribution is 2.10. The minimum atomic E-state index is 0.627. The average Bonchev–Trinajstić information content (AvgIpc) is 2.47. The quantitative estimate of drug-likeness (QED) is 0.774. The van der Waals surface area contributed by atoms with Crippen LogP contribution in [0.5, 0.6) is 0 Å². The van der Waals surface area contributed by atoms with E-state index < -0.39 is 0 Å². The molecule has 0 amide bonds. The van der Waals surface area contributed by atoms with Gasteiger partial charge >= 0.3 is 0 Å². The van der Waals surface area contributed by atoms with Gasteiger partial charge in [-0.3, -0.25) is 4.68 Å². The minimum Gasteiger partial charge on any atom is -0.312 e. The molecule has 0 aromatic carbocycles. The molecule has 1 fully saturated rings. The van der Waals surface area contributed by atoms with Crippen LogP contribution in [0.4, 0.5) is 0 Å². The molecule has 0 radical (unpaired) electrons. The molecule has 1 aromatic rings. The van der Waals surface area contributed by atoms with Crippen LogP contribution < -0.4 is 5.32 Å². The molecule has 1 aromatic heterocycles. The van der Waals surface area contributed by atoms with E-state index in [1.54, 1.807) is 0 Å². The fourth-order valence-corrected chi connectivity index (χ4v) is 2.15. The van der Waals surface area contributed by atoms with Crippen molar-refractivity contribution in [1.29, 1.82) is 0 Å². The van der Waals surface area contributed by atoms with Crippen molar-refractivity contribution in [2.24, 2.45) is 0 Å². The van der Waals surface area contributed by atoms with Crippen LogP contribution in [0.15, 0.2) is 6.07 Å². The number of aryl methyl sites for hydroxylation is 2. The standard InChI is InChI=1S/C11H19N3/c1-9-7-10(2)14(13-9)8-11-5-3-4-6-12-11/h7,11-12H,3-6,8H2,1-2H3. The Balaban J connectivity index is 1.98. The van der Waals surface area contributed by atoms with Crippen LogP contribution in [0.25, 0.3) is 0 Å². The van der Waals surface area contributed by atoms with Crippen molar-refractivity contribution in [3.8, 4) is 0 Å². The van der Waals surface area contributed by atoms with Gasteiger partial charge in [0.2, 0.25) is 0 Å². The fourth-order valence-electron chi connectivity index (χ4n) is 2.15. The summed E-state index contributed by atoms with van der Waals surface area (Å²) >= 11 is 0. The van der Waals surface area contributed by atoms with Gasteiger partial charge in [-0.25, -0.2) is 0 Å². The lowest BCUT2D eigenvalue weighted by molar-refractivity contribution is 0.348. The third kappa shape index (κ3) is 2.15. The molecule has 0 bridgehead atoms. The zero-order chi connectivity index (χ0) is 9.97. The van der Waals surface area contributed by atoms with Gasteiger partial charge in [0, 0.05) is 11.7 Å². The number of rotatable bonds is 2. The van der Waals surface area contributed by atoms with Crippen LogP contribution in [0.1, 0.15) is 30.7 Å². The molecule has 1 aliphatic heterocycles. The van der Waals surface area contributed by atoms with Gasteiger partial charge in [0.05, 0.1) is 12.2 Å². The van der Waals surface area contributed by atoms with Gasteiger partial charge in [0.15, 0.2) is 0 Å². The fraction of sp³-hybridized carbons (Fsp3) is 0.727. The topological polar surface area (TPSA) is 29.9 Å². The molecular formula is C11H19N3. The lowest BCUT2D eigenvalue weighted by Crippen LogP contribution is -2.37. The van der Waals surface area contributed by atoms with Gasteiger partial charge in [-0.05, 0) is 39.3 Å². The van der Waals surface area contributed by atoms with E-state index in [1.807, 2.05) is 0 Å². The van der Waals surface area contributed by atoms with E-state index in [1.165, 1.54) is 31.5 Å².